The molecular weight excluding hydrogens is 290 g/mol. The highest BCUT2D eigenvalue weighted by Crippen LogP contribution is 2.05. The molecule has 0 rings (SSSR count). The van der Waals surface area contributed by atoms with Gasteiger partial charge in [0.15, 0.2) is 0 Å². The summed E-state index contributed by atoms with van der Waals surface area (Å²) in [5.74, 6) is -2.05. The molecule has 0 saturated heterocycles. The minimum atomic E-state index is -1.09. The summed E-state index contributed by atoms with van der Waals surface area (Å²) in [6.45, 7) is 5.23. The van der Waals surface area contributed by atoms with Crippen molar-refractivity contribution in [3.63, 3.8) is 0 Å². The van der Waals surface area contributed by atoms with E-state index in [1.165, 1.54) is 6.92 Å². The maximum absolute atomic E-state index is 12.0. The molecule has 0 spiro atoms. The van der Waals surface area contributed by atoms with Gasteiger partial charge in [-0.3, -0.25) is 19.2 Å². The van der Waals surface area contributed by atoms with E-state index >= 15 is 0 Å². The van der Waals surface area contributed by atoms with E-state index in [9.17, 15) is 19.2 Å². The summed E-state index contributed by atoms with van der Waals surface area (Å²) >= 11 is 0. The van der Waals surface area contributed by atoms with E-state index < -0.39 is 35.9 Å². The molecule has 1 radical (unpaired) electrons. The number of rotatable bonds is 10. The number of nitrogens with one attached hydrogen (secondary N) is 2. The summed E-state index contributed by atoms with van der Waals surface area (Å²) < 4.78 is 0. The molecule has 0 heterocycles. The second-order valence-corrected chi connectivity index (χ2v) is 5.58. The number of aliphatic carboxylic acids is 1. The average Bonchev–Trinajstić information content (AvgIpc) is 2.41. The third-order valence-corrected chi connectivity index (χ3v) is 2.88. The molecule has 3 atom stereocenters. The van der Waals surface area contributed by atoms with E-state index in [-0.39, 0.29) is 18.8 Å². The largest absolute Gasteiger partial charge is 0.481 e. The van der Waals surface area contributed by atoms with Crippen molar-refractivity contribution in [3.05, 3.63) is 0 Å². The van der Waals surface area contributed by atoms with E-state index in [0.717, 1.165) is 0 Å². The molecule has 0 aliphatic heterocycles. The van der Waals surface area contributed by atoms with Gasteiger partial charge in [0.1, 0.15) is 6.04 Å². The Hall–Kier alpha value is -1.96. The summed E-state index contributed by atoms with van der Waals surface area (Å²) in [6.07, 6.45) is 1.64. The molecule has 0 aliphatic rings. The fourth-order valence-electron chi connectivity index (χ4n) is 1.77. The van der Waals surface area contributed by atoms with Gasteiger partial charge in [0.25, 0.3) is 0 Å². The number of carboxylic acid groups (broad SMARTS) is 1. The van der Waals surface area contributed by atoms with Crippen molar-refractivity contribution in [1.82, 2.24) is 10.6 Å². The highest BCUT2D eigenvalue weighted by atomic mass is 16.4. The topological polar surface area (TPSA) is 139 Å². The quantitative estimate of drug-likeness (QED) is 0.421. The molecule has 0 aromatic heterocycles. The van der Waals surface area contributed by atoms with Crippen LogP contribution in [0.2, 0.25) is 0 Å². The molecule has 0 aromatic carbocycles. The molecule has 0 fully saturated rings. The van der Waals surface area contributed by atoms with E-state index in [4.69, 9.17) is 10.8 Å². The number of hydrogen-bond acceptors (Lipinski definition) is 5. The van der Waals surface area contributed by atoms with Crippen LogP contribution in [-0.2, 0) is 19.2 Å². The summed E-state index contributed by atoms with van der Waals surface area (Å²) in [5.41, 5.74) is 5.73. The van der Waals surface area contributed by atoms with Crippen LogP contribution in [0.5, 0.6) is 0 Å². The highest BCUT2D eigenvalue weighted by molar-refractivity contribution is 5.91. The molecule has 0 bridgehead atoms. The zero-order valence-electron chi connectivity index (χ0n) is 13.1. The lowest BCUT2D eigenvalue weighted by molar-refractivity contribution is -0.138. The van der Waals surface area contributed by atoms with Gasteiger partial charge >= 0.3 is 5.97 Å². The molecule has 5 N–H and O–H groups in total. The maximum Gasteiger partial charge on any atom is 0.303 e. The lowest BCUT2D eigenvalue weighted by atomic mass is 10.0. The third-order valence-electron chi connectivity index (χ3n) is 2.88. The molecule has 8 heteroatoms. The van der Waals surface area contributed by atoms with Crippen LogP contribution < -0.4 is 16.4 Å². The number of carboxylic acids is 1. The molecule has 2 amide bonds. The molecule has 0 unspecified atom stereocenters. The first-order valence-electron chi connectivity index (χ1n) is 7.13. The minimum Gasteiger partial charge on any atom is -0.481 e. The van der Waals surface area contributed by atoms with Gasteiger partial charge < -0.3 is 21.5 Å². The summed E-state index contributed by atoms with van der Waals surface area (Å²) in [7, 11) is 0. The van der Waals surface area contributed by atoms with Crippen molar-refractivity contribution in [2.45, 2.75) is 58.2 Å². The monoisotopic (exact) mass is 314 g/mol. The molecule has 22 heavy (non-hydrogen) atoms. The SMILES string of the molecule is CC(C)C[C@H](N)C(=O)N[C@@H](CCC(=O)O)C(=O)N[C@@H](C)[C]=O. The van der Waals surface area contributed by atoms with Crippen LogP contribution in [0.1, 0.15) is 40.0 Å². The van der Waals surface area contributed by atoms with Crippen LogP contribution in [0.4, 0.5) is 0 Å². The second-order valence-electron chi connectivity index (χ2n) is 5.58. The highest BCUT2D eigenvalue weighted by Gasteiger charge is 2.25. The van der Waals surface area contributed by atoms with E-state index in [2.05, 4.69) is 10.6 Å². The van der Waals surface area contributed by atoms with Crippen LogP contribution in [0.3, 0.4) is 0 Å². The van der Waals surface area contributed by atoms with Crippen molar-refractivity contribution < 1.29 is 24.3 Å². The molecule has 0 aromatic rings. The van der Waals surface area contributed by atoms with Crippen LogP contribution in [0, 0.1) is 5.92 Å². The minimum absolute atomic E-state index is 0.0904. The van der Waals surface area contributed by atoms with Gasteiger partial charge in [0, 0.05) is 6.42 Å². The zero-order valence-corrected chi connectivity index (χ0v) is 13.1. The molecule has 125 valence electrons. The first-order valence-corrected chi connectivity index (χ1v) is 7.13. The van der Waals surface area contributed by atoms with Crippen molar-refractivity contribution in [1.29, 1.82) is 0 Å². The van der Waals surface area contributed by atoms with Crippen molar-refractivity contribution >= 4 is 24.1 Å². The van der Waals surface area contributed by atoms with Crippen molar-refractivity contribution in [3.8, 4) is 0 Å². The fourth-order valence-corrected chi connectivity index (χ4v) is 1.77. The zero-order chi connectivity index (χ0) is 17.3. The Bertz CT molecular complexity index is 411. The van der Waals surface area contributed by atoms with Gasteiger partial charge in [-0.2, -0.15) is 0 Å². The van der Waals surface area contributed by atoms with E-state index in [0.29, 0.717) is 6.42 Å². The van der Waals surface area contributed by atoms with Gasteiger partial charge in [-0.15, -0.1) is 0 Å². The van der Waals surface area contributed by atoms with Gasteiger partial charge in [-0.05, 0) is 25.7 Å². The van der Waals surface area contributed by atoms with Crippen LogP contribution in [-0.4, -0.2) is 47.3 Å². The summed E-state index contributed by atoms with van der Waals surface area (Å²) in [4.78, 5) is 45.0. The fraction of sp³-hybridized carbons (Fsp3) is 0.714. The lowest BCUT2D eigenvalue weighted by Crippen LogP contribution is -2.53. The van der Waals surface area contributed by atoms with Crippen LogP contribution in [0.25, 0.3) is 0 Å². The molecular formula is C14H24N3O5. The Morgan fingerprint density at radius 3 is 2.18 bits per heavy atom. The van der Waals surface area contributed by atoms with E-state index in [1.807, 2.05) is 13.8 Å². The number of nitrogens with two attached hydrogens (primary N) is 1. The lowest BCUT2D eigenvalue weighted by Gasteiger charge is -2.21. The first kappa shape index (κ1) is 20.0. The van der Waals surface area contributed by atoms with E-state index in [1.54, 1.807) is 6.29 Å². The smallest absolute Gasteiger partial charge is 0.303 e. The Balaban J connectivity index is 4.77. The van der Waals surface area contributed by atoms with Gasteiger partial charge in [0.2, 0.25) is 18.1 Å². The van der Waals surface area contributed by atoms with Gasteiger partial charge in [0.05, 0.1) is 12.1 Å². The van der Waals surface area contributed by atoms with Crippen molar-refractivity contribution in [2.24, 2.45) is 11.7 Å². The number of amides is 2. The summed E-state index contributed by atoms with van der Waals surface area (Å²) in [6, 6.07) is -2.69. The van der Waals surface area contributed by atoms with Crippen LogP contribution >= 0.6 is 0 Å². The molecule has 8 nitrogen and oxygen atoms in total. The predicted molar refractivity (Wildman–Crippen MR) is 79.5 cm³/mol. The maximum atomic E-state index is 12.0. The first-order chi connectivity index (χ1) is 10.2. The van der Waals surface area contributed by atoms with Crippen molar-refractivity contribution in [2.75, 3.05) is 0 Å². The Morgan fingerprint density at radius 2 is 1.73 bits per heavy atom. The molecule has 0 aliphatic carbocycles. The second kappa shape index (κ2) is 9.88. The Kier molecular flexibility index (Phi) is 9.00. The Labute approximate surface area is 129 Å². The normalized spacial score (nSPS) is 14.8. The third kappa shape index (κ3) is 8.35. The number of carbonyl (C=O) groups is 3. The standard InChI is InChI=1S/C14H24N3O5/c1-8(2)6-10(15)13(21)17-11(4-5-12(19)20)14(22)16-9(3)7-18/h8-11H,4-6,15H2,1-3H3,(H,16,22)(H,17,21)(H,19,20)/t9-,10-,11-/m0/s1. The average molecular weight is 314 g/mol. The predicted octanol–water partition coefficient (Wildman–Crippen LogP) is -0.676. The number of hydrogen-bond donors (Lipinski definition) is 4. The molecule has 0 saturated carbocycles. The van der Waals surface area contributed by atoms with Gasteiger partial charge in [-0.1, -0.05) is 13.8 Å². The number of carbonyl (C=O) groups excluding carboxylic acids is 3. The Morgan fingerprint density at radius 1 is 1.14 bits per heavy atom. The summed E-state index contributed by atoms with van der Waals surface area (Å²) in [5, 5.41) is 13.5. The van der Waals surface area contributed by atoms with Crippen LogP contribution in [0.15, 0.2) is 0 Å². The van der Waals surface area contributed by atoms with Gasteiger partial charge in [-0.25, -0.2) is 0 Å².